The second kappa shape index (κ2) is 5.88. The van der Waals surface area contributed by atoms with Gasteiger partial charge in [0.2, 0.25) is 11.7 Å². The van der Waals surface area contributed by atoms with Crippen molar-refractivity contribution < 1.29 is 19.0 Å². The number of benzene rings is 1. The van der Waals surface area contributed by atoms with E-state index in [9.17, 15) is 4.79 Å². The highest BCUT2D eigenvalue weighted by molar-refractivity contribution is 7.10. The molecule has 1 aliphatic heterocycles. The van der Waals surface area contributed by atoms with Crippen molar-refractivity contribution in [2.75, 3.05) is 26.6 Å². The van der Waals surface area contributed by atoms with Gasteiger partial charge in [0.25, 0.3) is 0 Å². The lowest BCUT2D eigenvalue weighted by molar-refractivity contribution is -0.116. The van der Waals surface area contributed by atoms with Crippen molar-refractivity contribution in [3.63, 3.8) is 0 Å². The number of hydrogen-bond donors (Lipinski definition) is 1. The van der Waals surface area contributed by atoms with Crippen LogP contribution in [0.3, 0.4) is 0 Å². The number of carbonyl (C=O) groups is 1. The van der Waals surface area contributed by atoms with Crippen molar-refractivity contribution in [1.82, 2.24) is 0 Å². The van der Waals surface area contributed by atoms with Gasteiger partial charge in [-0.15, -0.1) is 11.3 Å². The van der Waals surface area contributed by atoms with E-state index in [1.54, 1.807) is 32.7 Å². The van der Waals surface area contributed by atoms with Crippen molar-refractivity contribution in [1.29, 1.82) is 0 Å². The highest BCUT2D eigenvalue weighted by atomic mass is 32.1. The predicted octanol–water partition coefficient (Wildman–Crippen LogP) is 3.25. The van der Waals surface area contributed by atoms with Gasteiger partial charge in [0.15, 0.2) is 11.5 Å². The van der Waals surface area contributed by atoms with Crippen LogP contribution in [0, 0.1) is 0 Å². The third kappa shape index (κ3) is 2.29. The summed E-state index contributed by atoms with van der Waals surface area (Å²) < 4.78 is 16.3. The van der Waals surface area contributed by atoms with Crippen LogP contribution in [0.4, 0.5) is 5.69 Å². The molecule has 0 spiro atoms. The molecule has 116 valence electrons. The van der Waals surface area contributed by atoms with E-state index in [2.05, 4.69) is 5.32 Å². The third-order valence-electron chi connectivity index (χ3n) is 3.79. The number of fused-ring (bicyclic) bond motifs is 1. The minimum Gasteiger partial charge on any atom is -0.493 e. The number of hydrogen-bond acceptors (Lipinski definition) is 5. The molecule has 0 radical (unpaired) electrons. The van der Waals surface area contributed by atoms with Gasteiger partial charge in [-0.05, 0) is 17.5 Å². The molecular formula is C16H17NO4S. The minimum absolute atomic E-state index is 0.00716. The monoisotopic (exact) mass is 319 g/mol. The molecule has 0 saturated carbocycles. The lowest BCUT2D eigenvalue weighted by Gasteiger charge is -2.25. The first-order valence-electron chi connectivity index (χ1n) is 6.85. The average molecular weight is 319 g/mol. The van der Waals surface area contributed by atoms with Crippen LogP contribution in [0.25, 0.3) is 0 Å². The second-order valence-corrected chi connectivity index (χ2v) is 5.87. The number of carbonyl (C=O) groups excluding carboxylic acids is 1. The minimum atomic E-state index is -0.0430. The van der Waals surface area contributed by atoms with Crippen LogP contribution in [0.15, 0.2) is 23.6 Å². The molecule has 1 N–H and O–H groups in total. The summed E-state index contributed by atoms with van der Waals surface area (Å²) in [4.78, 5) is 13.1. The largest absolute Gasteiger partial charge is 0.493 e. The molecule has 1 atom stereocenters. The van der Waals surface area contributed by atoms with Crippen LogP contribution in [-0.4, -0.2) is 27.2 Å². The van der Waals surface area contributed by atoms with Gasteiger partial charge in [-0.1, -0.05) is 6.07 Å². The fourth-order valence-corrected chi connectivity index (χ4v) is 3.79. The Kier molecular flexibility index (Phi) is 3.94. The van der Waals surface area contributed by atoms with E-state index >= 15 is 0 Å². The zero-order chi connectivity index (χ0) is 15.7. The summed E-state index contributed by atoms with van der Waals surface area (Å²) in [5, 5.41) is 4.89. The highest BCUT2D eigenvalue weighted by Crippen LogP contribution is 2.48. The molecule has 1 amide bonds. The topological polar surface area (TPSA) is 56.8 Å². The molecular weight excluding hydrogens is 302 g/mol. The molecule has 3 rings (SSSR count). The van der Waals surface area contributed by atoms with E-state index in [4.69, 9.17) is 14.2 Å². The number of methoxy groups -OCH3 is 3. The van der Waals surface area contributed by atoms with Gasteiger partial charge in [0.05, 0.1) is 27.0 Å². The zero-order valence-electron chi connectivity index (χ0n) is 12.6. The summed E-state index contributed by atoms with van der Waals surface area (Å²) in [5.41, 5.74) is 1.81. The van der Waals surface area contributed by atoms with Crippen LogP contribution in [0.5, 0.6) is 17.2 Å². The van der Waals surface area contributed by atoms with E-state index in [1.807, 2.05) is 23.6 Å². The number of rotatable bonds is 4. The first-order valence-corrected chi connectivity index (χ1v) is 7.73. The zero-order valence-corrected chi connectivity index (χ0v) is 13.5. The summed E-state index contributed by atoms with van der Waals surface area (Å²) in [7, 11) is 4.76. The van der Waals surface area contributed by atoms with E-state index < -0.39 is 0 Å². The Bertz CT molecular complexity index is 710. The average Bonchev–Trinajstić information content (AvgIpc) is 3.00. The van der Waals surface area contributed by atoms with Crippen molar-refractivity contribution in [2.24, 2.45) is 0 Å². The highest BCUT2D eigenvalue weighted by Gasteiger charge is 2.31. The Labute approximate surface area is 132 Å². The molecule has 0 unspecified atom stereocenters. The van der Waals surface area contributed by atoms with Crippen molar-refractivity contribution in [2.45, 2.75) is 12.3 Å². The molecule has 22 heavy (non-hydrogen) atoms. The number of amides is 1. The summed E-state index contributed by atoms with van der Waals surface area (Å²) >= 11 is 1.63. The van der Waals surface area contributed by atoms with Crippen LogP contribution >= 0.6 is 11.3 Å². The number of nitrogens with one attached hydrogen (secondary N) is 1. The molecule has 0 fully saturated rings. The molecule has 0 saturated heterocycles. The quantitative estimate of drug-likeness (QED) is 0.940. The van der Waals surface area contributed by atoms with Gasteiger partial charge in [-0.2, -0.15) is 0 Å². The van der Waals surface area contributed by atoms with Gasteiger partial charge in [-0.3, -0.25) is 4.79 Å². The first kappa shape index (κ1) is 14.7. The summed E-state index contributed by atoms with van der Waals surface area (Å²) in [6.07, 6.45) is 0.388. The molecule has 0 bridgehead atoms. The Morgan fingerprint density at radius 3 is 2.55 bits per heavy atom. The third-order valence-corrected chi connectivity index (χ3v) is 4.82. The van der Waals surface area contributed by atoms with E-state index in [0.717, 1.165) is 16.1 Å². The summed E-state index contributed by atoms with van der Waals surface area (Å²) in [5.74, 6) is 1.73. The smallest absolute Gasteiger partial charge is 0.225 e. The molecule has 2 heterocycles. The molecule has 1 aromatic heterocycles. The van der Waals surface area contributed by atoms with Crippen molar-refractivity contribution in [3.8, 4) is 17.2 Å². The fraction of sp³-hybridized carbons (Fsp3) is 0.312. The normalized spacial score (nSPS) is 16.7. The SMILES string of the molecule is COc1ccc([C@H]2CC(=O)Nc3ccsc32)c(OC)c1OC. The molecule has 2 aromatic rings. The Morgan fingerprint density at radius 1 is 1.09 bits per heavy atom. The molecule has 1 aliphatic rings. The van der Waals surface area contributed by atoms with Gasteiger partial charge < -0.3 is 19.5 Å². The van der Waals surface area contributed by atoms with E-state index in [0.29, 0.717) is 23.7 Å². The predicted molar refractivity (Wildman–Crippen MR) is 85.5 cm³/mol. The molecule has 5 nitrogen and oxygen atoms in total. The molecule has 6 heteroatoms. The van der Waals surface area contributed by atoms with E-state index in [1.165, 1.54) is 0 Å². The molecule has 1 aromatic carbocycles. The van der Waals surface area contributed by atoms with Gasteiger partial charge in [0.1, 0.15) is 0 Å². The Balaban J connectivity index is 2.15. The first-order chi connectivity index (χ1) is 10.7. The maximum Gasteiger partial charge on any atom is 0.225 e. The lowest BCUT2D eigenvalue weighted by Crippen LogP contribution is -2.22. The Morgan fingerprint density at radius 2 is 1.86 bits per heavy atom. The standard InChI is InChI=1S/C16H17NO4S/c1-19-12-5-4-9(14(20-2)15(12)21-3)10-8-13(18)17-11-6-7-22-16(10)11/h4-7,10H,8H2,1-3H3,(H,17,18)/t10-/m1/s1. The number of ether oxygens (including phenoxy) is 3. The number of anilines is 1. The maximum absolute atomic E-state index is 12.0. The van der Waals surface area contributed by atoms with Crippen LogP contribution in [-0.2, 0) is 4.79 Å². The van der Waals surface area contributed by atoms with Crippen LogP contribution in [0.1, 0.15) is 22.8 Å². The Hall–Kier alpha value is -2.21. The van der Waals surface area contributed by atoms with Gasteiger partial charge in [-0.25, -0.2) is 0 Å². The molecule has 0 aliphatic carbocycles. The lowest BCUT2D eigenvalue weighted by atomic mass is 9.89. The maximum atomic E-state index is 12.0. The van der Waals surface area contributed by atoms with Crippen molar-refractivity contribution >= 4 is 22.9 Å². The fourth-order valence-electron chi connectivity index (χ4n) is 2.82. The van der Waals surface area contributed by atoms with Gasteiger partial charge in [0, 0.05) is 22.8 Å². The number of thiophene rings is 1. The van der Waals surface area contributed by atoms with Crippen molar-refractivity contribution in [3.05, 3.63) is 34.0 Å². The summed E-state index contributed by atoms with van der Waals surface area (Å²) in [6, 6.07) is 5.71. The van der Waals surface area contributed by atoms with E-state index in [-0.39, 0.29) is 11.8 Å². The van der Waals surface area contributed by atoms with Gasteiger partial charge >= 0.3 is 0 Å². The van der Waals surface area contributed by atoms with Crippen LogP contribution in [0.2, 0.25) is 0 Å². The summed E-state index contributed by atoms with van der Waals surface area (Å²) in [6.45, 7) is 0. The van der Waals surface area contributed by atoms with Crippen LogP contribution < -0.4 is 19.5 Å². The second-order valence-electron chi connectivity index (χ2n) is 4.93.